The average molecular weight is 354 g/mol. The van der Waals surface area contributed by atoms with Gasteiger partial charge in [0.1, 0.15) is 0 Å². The van der Waals surface area contributed by atoms with E-state index in [1.54, 1.807) is 13.1 Å². The number of aromatic nitrogens is 2. The first-order valence-corrected chi connectivity index (χ1v) is 9.03. The average Bonchev–Trinajstić information content (AvgIpc) is 2.87. The van der Waals surface area contributed by atoms with Gasteiger partial charge in [-0.05, 0) is 45.4 Å². The standard InChI is InChI=1S/C20H26N4O2/c1-6-24(7-2)13-9-12(4)17-14(10-13)18-15(11-22-17)16(21)19(23(18)5)20(25)26-8-3/h9-11H,6-8,21H2,1-5H3. The summed E-state index contributed by atoms with van der Waals surface area (Å²) in [5.74, 6) is -0.409. The molecule has 138 valence electrons. The van der Waals surface area contributed by atoms with Gasteiger partial charge < -0.3 is 19.9 Å². The summed E-state index contributed by atoms with van der Waals surface area (Å²) in [6.07, 6.45) is 1.75. The number of esters is 1. The van der Waals surface area contributed by atoms with Gasteiger partial charge >= 0.3 is 5.97 Å². The van der Waals surface area contributed by atoms with E-state index in [0.29, 0.717) is 18.0 Å². The predicted octanol–water partition coefficient (Wildman–Crippen LogP) is 3.64. The number of nitrogens with zero attached hydrogens (tertiary/aromatic N) is 3. The molecular formula is C20H26N4O2. The van der Waals surface area contributed by atoms with Gasteiger partial charge in [0.2, 0.25) is 0 Å². The lowest BCUT2D eigenvalue weighted by Gasteiger charge is -2.22. The number of carbonyl (C=O) groups excluding carboxylic acids is 1. The van der Waals surface area contributed by atoms with Gasteiger partial charge in [0, 0.05) is 42.8 Å². The van der Waals surface area contributed by atoms with Crippen LogP contribution in [0.3, 0.4) is 0 Å². The Bertz CT molecular complexity index is 987. The van der Waals surface area contributed by atoms with Crippen LogP contribution in [0.15, 0.2) is 18.3 Å². The van der Waals surface area contributed by atoms with Crippen LogP contribution in [0.5, 0.6) is 0 Å². The molecule has 0 amide bonds. The minimum absolute atomic E-state index is 0.310. The zero-order chi connectivity index (χ0) is 19.0. The molecule has 3 rings (SSSR count). The lowest BCUT2D eigenvalue weighted by Crippen LogP contribution is -2.21. The number of anilines is 2. The molecule has 0 saturated heterocycles. The van der Waals surface area contributed by atoms with Crippen molar-refractivity contribution in [2.75, 3.05) is 30.3 Å². The highest BCUT2D eigenvalue weighted by Crippen LogP contribution is 2.35. The van der Waals surface area contributed by atoms with E-state index in [9.17, 15) is 4.79 Å². The summed E-state index contributed by atoms with van der Waals surface area (Å²) in [5, 5.41) is 1.77. The van der Waals surface area contributed by atoms with Gasteiger partial charge in [-0.15, -0.1) is 0 Å². The molecule has 2 N–H and O–H groups in total. The molecule has 0 spiro atoms. The van der Waals surface area contributed by atoms with Crippen LogP contribution < -0.4 is 10.6 Å². The second-order valence-corrected chi connectivity index (χ2v) is 6.39. The molecule has 6 heteroatoms. The van der Waals surface area contributed by atoms with Crippen molar-refractivity contribution in [2.45, 2.75) is 27.7 Å². The van der Waals surface area contributed by atoms with E-state index in [2.05, 4.69) is 42.8 Å². The van der Waals surface area contributed by atoms with Gasteiger partial charge in [-0.1, -0.05) is 0 Å². The van der Waals surface area contributed by atoms with Gasteiger partial charge in [0.15, 0.2) is 5.69 Å². The van der Waals surface area contributed by atoms with Gasteiger partial charge in [-0.2, -0.15) is 0 Å². The number of benzene rings is 1. The van der Waals surface area contributed by atoms with Gasteiger partial charge in [0.05, 0.1) is 23.3 Å². The third-order valence-corrected chi connectivity index (χ3v) is 4.93. The highest BCUT2D eigenvalue weighted by atomic mass is 16.5. The highest BCUT2D eigenvalue weighted by molar-refractivity contribution is 6.14. The second kappa shape index (κ2) is 6.86. The molecule has 0 aliphatic rings. The fourth-order valence-corrected chi connectivity index (χ4v) is 3.64. The zero-order valence-electron chi connectivity index (χ0n) is 16.1. The maximum Gasteiger partial charge on any atom is 0.357 e. The Morgan fingerprint density at radius 3 is 2.54 bits per heavy atom. The molecule has 26 heavy (non-hydrogen) atoms. The van der Waals surface area contributed by atoms with Gasteiger partial charge in [0.25, 0.3) is 0 Å². The Hall–Kier alpha value is -2.76. The van der Waals surface area contributed by atoms with Gasteiger partial charge in [-0.25, -0.2) is 4.79 Å². The molecule has 1 aromatic carbocycles. The van der Waals surface area contributed by atoms with Crippen molar-refractivity contribution in [3.8, 4) is 0 Å². The van der Waals surface area contributed by atoms with E-state index < -0.39 is 5.97 Å². The molecule has 0 radical (unpaired) electrons. The van der Waals surface area contributed by atoms with Gasteiger partial charge in [-0.3, -0.25) is 4.98 Å². The number of fused-ring (bicyclic) bond motifs is 3. The molecule has 0 bridgehead atoms. The smallest absolute Gasteiger partial charge is 0.357 e. The predicted molar refractivity (Wildman–Crippen MR) is 107 cm³/mol. The van der Waals surface area contributed by atoms with Crippen molar-refractivity contribution in [3.63, 3.8) is 0 Å². The van der Waals surface area contributed by atoms with E-state index >= 15 is 0 Å². The summed E-state index contributed by atoms with van der Waals surface area (Å²) in [4.78, 5) is 19.3. The maximum absolute atomic E-state index is 12.4. The van der Waals surface area contributed by atoms with E-state index in [1.165, 1.54) is 0 Å². The van der Waals surface area contributed by atoms with Crippen molar-refractivity contribution < 1.29 is 9.53 Å². The Kier molecular flexibility index (Phi) is 4.76. The van der Waals surface area contributed by atoms with Crippen LogP contribution in [0.1, 0.15) is 36.8 Å². The molecule has 2 heterocycles. The third kappa shape index (κ3) is 2.66. The second-order valence-electron chi connectivity index (χ2n) is 6.39. The van der Waals surface area contributed by atoms with E-state index in [0.717, 1.165) is 46.1 Å². The number of hydrogen-bond donors (Lipinski definition) is 1. The maximum atomic E-state index is 12.4. The normalized spacial score (nSPS) is 11.3. The van der Waals surface area contributed by atoms with Crippen LogP contribution in [-0.4, -0.2) is 35.2 Å². The summed E-state index contributed by atoms with van der Waals surface area (Å²) in [6.45, 7) is 10.3. The van der Waals surface area contributed by atoms with Crippen LogP contribution in [0.4, 0.5) is 11.4 Å². The number of ether oxygens (including phenoxy) is 1. The van der Waals surface area contributed by atoms with E-state index in [4.69, 9.17) is 10.5 Å². The first kappa shape index (κ1) is 18.0. The minimum Gasteiger partial charge on any atom is -0.461 e. The quantitative estimate of drug-likeness (QED) is 0.708. The number of aryl methyl sites for hydroxylation is 2. The number of pyridine rings is 1. The Labute approximate surface area is 153 Å². The van der Waals surface area contributed by atoms with Crippen LogP contribution in [0.2, 0.25) is 0 Å². The highest BCUT2D eigenvalue weighted by Gasteiger charge is 2.23. The molecule has 2 aromatic heterocycles. The third-order valence-electron chi connectivity index (χ3n) is 4.93. The number of carbonyl (C=O) groups is 1. The van der Waals surface area contributed by atoms with Crippen molar-refractivity contribution in [3.05, 3.63) is 29.6 Å². The monoisotopic (exact) mass is 354 g/mol. The topological polar surface area (TPSA) is 73.4 Å². The van der Waals surface area contributed by atoms with Crippen LogP contribution >= 0.6 is 0 Å². The Morgan fingerprint density at radius 2 is 1.92 bits per heavy atom. The van der Waals surface area contributed by atoms with E-state index in [-0.39, 0.29) is 0 Å². The Morgan fingerprint density at radius 1 is 1.23 bits per heavy atom. The van der Waals surface area contributed by atoms with Crippen molar-refractivity contribution in [1.82, 2.24) is 9.55 Å². The fraction of sp³-hybridized carbons (Fsp3) is 0.400. The van der Waals surface area contributed by atoms with Crippen molar-refractivity contribution in [2.24, 2.45) is 7.05 Å². The summed E-state index contributed by atoms with van der Waals surface area (Å²) < 4.78 is 7.01. The molecule has 6 nitrogen and oxygen atoms in total. The number of hydrogen-bond acceptors (Lipinski definition) is 5. The molecule has 0 aliphatic carbocycles. The molecule has 0 saturated carbocycles. The molecule has 0 aliphatic heterocycles. The Balaban J connectivity index is 2.37. The molecule has 0 atom stereocenters. The summed E-state index contributed by atoms with van der Waals surface area (Å²) >= 11 is 0. The number of nitrogen functional groups attached to an aromatic ring is 1. The molecular weight excluding hydrogens is 328 g/mol. The van der Waals surface area contributed by atoms with Crippen molar-refractivity contribution in [1.29, 1.82) is 0 Å². The fourth-order valence-electron chi connectivity index (χ4n) is 3.64. The largest absolute Gasteiger partial charge is 0.461 e. The van der Waals surface area contributed by atoms with Crippen LogP contribution in [0, 0.1) is 6.92 Å². The summed E-state index contributed by atoms with van der Waals surface area (Å²) in [5.41, 5.74) is 11.1. The van der Waals surface area contributed by atoms with Crippen molar-refractivity contribution >= 4 is 39.1 Å². The number of rotatable bonds is 5. The number of nitrogens with two attached hydrogens (primary N) is 1. The SMILES string of the molecule is CCOC(=O)c1c(N)c2cnc3c(C)cc(N(CC)CC)cc3c2n1C. The van der Waals surface area contributed by atoms with Crippen LogP contribution in [0.25, 0.3) is 21.8 Å². The minimum atomic E-state index is -0.409. The van der Waals surface area contributed by atoms with Crippen LogP contribution in [-0.2, 0) is 11.8 Å². The zero-order valence-corrected chi connectivity index (χ0v) is 16.1. The molecule has 3 aromatic rings. The first-order chi connectivity index (χ1) is 12.4. The van der Waals surface area contributed by atoms with E-state index in [1.807, 2.05) is 11.6 Å². The lowest BCUT2D eigenvalue weighted by molar-refractivity contribution is 0.0517. The molecule has 0 fully saturated rings. The summed E-state index contributed by atoms with van der Waals surface area (Å²) in [7, 11) is 1.85. The summed E-state index contributed by atoms with van der Waals surface area (Å²) in [6, 6.07) is 4.30. The lowest BCUT2D eigenvalue weighted by atomic mass is 10.1. The molecule has 0 unspecified atom stereocenters. The first-order valence-electron chi connectivity index (χ1n) is 9.03.